The second-order valence-corrected chi connectivity index (χ2v) is 3.56. The van der Waals surface area contributed by atoms with Crippen molar-refractivity contribution < 1.29 is 0 Å². The van der Waals surface area contributed by atoms with Crippen LogP contribution in [0.2, 0.25) is 0 Å². The maximum Gasteiger partial charge on any atom is 0.120 e. The molecule has 0 N–H and O–H groups in total. The summed E-state index contributed by atoms with van der Waals surface area (Å²) in [5.41, 5.74) is 0. The van der Waals surface area contributed by atoms with Gasteiger partial charge in [0.1, 0.15) is 6.17 Å². The Morgan fingerprint density at radius 2 is 2.00 bits per heavy atom. The molecule has 0 aliphatic carbocycles. The molecule has 2 aliphatic heterocycles. The van der Waals surface area contributed by atoms with Crippen molar-refractivity contribution in [3.05, 3.63) is 19.2 Å². The second-order valence-electron chi connectivity index (χ2n) is 3.56. The molecule has 1 atom stereocenters. The topological polar surface area (TPSA) is 18.8 Å². The molecule has 0 radical (unpaired) electrons. The van der Waals surface area contributed by atoms with E-state index in [1.165, 1.54) is 0 Å². The summed E-state index contributed by atoms with van der Waals surface area (Å²) in [7, 11) is 3.93. The minimum atomic E-state index is 0.294. The molecule has 1 unspecified atom stereocenters. The molecule has 1 fully saturated rings. The predicted octanol–water partition coefficient (Wildman–Crippen LogP) is 0.752. The Morgan fingerprint density at radius 1 is 1.23 bits per heavy atom. The summed E-state index contributed by atoms with van der Waals surface area (Å²) in [6.45, 7) is 4.27. The van der Waals surface area contributed by atoms with Gasteiger partial charge in [0, 0.05) is 25.7 Å². The Balaban J connectivity index is 1.90. The van der Waals surface area contributed by atoms with E-state index in [1.807, 2.05) is 6.21 Å². The highest BCUT2D eigenvalue weighted by molar-refractivity contribution is 5.61. The standard InChI is InChI=1S/C10H16N3/c1-12-6-8-13(9-7-12)10-4-2-3-5-11-10/h2,4-5,10H,1,3,6-9H2/q-1. The molecular formula is C10H16N3-. The number of piperazine rings is 1. The van der Waals surface area contributed by atoms with Gasteiger partial charge in [-0.25, -0.2) is 0 Å². The first kappa shape index (κ1) is 8.91. The van der Waals surface area contributed by atoms with Gasteiger partial charge in [0.2, 0.25) is 0 Å². The molecule has 3 heteroatoms. The normalized spacial score (nSPS) is 31.0. The minimum absolute atomic E-state index is 0.294. The number of hydrogen-bond acceptors (Lipinski definition) is 3. The molecule has 2 heterocycles. The maximum absolute atomic E-state index is 4.45. The Labute approximate surface area is 79.7 Å². The molecule has 0 aromatic rings. The van der Waals surface area contributed by atoms with Gasteiger partial charge in [-0.1, -0.05) is 6.08 Å². The van der Waals surface area contributed by atoms with Gasteiger partial charge in [-0.3, -0.25) is 16.9 Å². The molecule has 13 heavy (non-hydrogen) atoms. The zero-order valence-electron chi connectivity index (χ0n) is 7.89. The number of nitrogens with zero attached hydrogens (tertiary/aromatic N) is 3. The Morgan fingerprint density at radius 3 is 2.62 bits per heavy atom. The molecule has 0 spiro atoms. The molecule has 2 rings (SSSR count). The van der Waals surface area contributed by atoms with Crippen molar-refractivity contribution in [3.8, 4) is 0 Å². The average molecular weight is 178 g/mol. The van der Waals surface area contributed by atoms with Crippen LogP contribution in [0.15, 0.2) is 17.1 Å². The largest absolute Gasteiger partial charge is 0.457 e. The number of dihydropyridines is 1. The van der Waals surface area contributed by atoms with E-state index in [4.69, 9.17) is 0 Å². The Hall–Kier alpha value is -0.670. The third-order valence-electron chi connectivity index (χ3n) is 2.59. The first-order valence-corrected chi connectivity index (χ1v) is 4.84. The third-order valence-corrected chi connectivity index (χ3v) is 2.59. The molecule has 2 aliphatic rings. The van der Waals surface area contributed by atoms with Gasteiger partial charge < -0.3 is 4.90 Å². The van der Waals surface area contributed by atoms with E-state index in [0.717, 1.165) is 32.6 Å². The molecule has 0 aromatic heterocycles. The van der Waals surface area contributed by atoms with Gasteiger partial charge in [0.15, 0.2) is 0 Å². The van der Waals surface area contributed by atoms with Gasteiger partial charge in [-0.2, -0.15) is 0 Å². The van der Waals surface area contributed by atoms with Crippen LogP contribution in [0.25, 0.3) is 0 Å². The Kier molecular flexibility index (Phi) is 2.76. The highest BCUT2D eigenvalue weighted by atomic mass is 15.3. The molecule has 0 saturated carbocycles. The summed E-state index contributed by atoms with van der Waals surface area (Å²) < 4.78 is 0. The quantitative estimate of drug-likeness (QED) is 0.436. The summed E-state index contributed by atoms with van der Waals surface area (Å²) in [5.74, 6) is 0. The summed E-state index contributed by atoms with van der Waals surface area (Å²) in [5, 5.41) is 0. The van der Waals surface area contributed by atoms with Crippen LogP contribution in [0.5, 0.6) is 0 Å². The Bertz CT molecular complexity index is 202. The van der Waals surface area contributed by atoms with Gasteiger partial charge >= 0.3 is 0 Å². The van der Waals surface area contributed by atoms with Crippen LogP contribution in [0.4, 0.5) is 0 Å². The number of rotatable bonds is 1. The van der Waals surface area contributed by atoms with Gasteiger partial charge in [0.05, 0.1) is 0 Å². The second kappa shape index (κ2) is 4.03. The van der Waals surface area contributed by atoms with Crippen molar-refractivity contribution in [2.45, 2.75) is 12.6 Å². The van der Waals surface area contributed by atoms with Crippen molar-refractivity contribution in [1.29, 1.82) is 0 Å². The van der Waals surface area contributed by atoms with E-state index in [1.54, 1.807) is 0 Å². The monoisotopic (exact) mass is 178 g/mol. The SMILES string of the molecule is [CH2-]N1CCN(C2C=CCC=N2)CC1. The first-order chi connectivity index (χ1) is 6.36. The molecule has 0 amide bonds. The van der Waals surface area contributed by atoms with Crippen LogP contribution >= 0.6 is 0 Å². The van der Waals surface area contributed by atoms with E-state index in [0.29, 0.717) is 6.17 Å². The fraction of sp³-hybridized carbons (Fsp3) is 0.600. The predicted molar refractivity (Wildman–Crippen MR) is 54.5 cm³/mol. The van der Waals surface area contributed by atoms with E-state index in [9.17, 15) is 0 Å². The fourth-order valence-electron chi connectivity index (χ4n) is 1.72. The minimum Gasteiger partial charge on any atom is -0.457 e. The van der Waals surface area contributed by atoms with Gasteiger partial charge in [-0.05, 0) is 19.2 Å². The molecule has 0 bridgehead atoms. The van der Waals surface area contributed by atoms with Gasteiger partial charge in [-0.15, -0.1) is 0 Å². The summed E-state index contributed by atoms with van der Waals surface area (Å²) in [4.78, 5) is 8.97. The maximum atomic E-state index is 4.45. The highest BCUT2D eigenvalue weighted by Gasteiger charge is 2.17. The van der Waals surface area contributed by atoms with E-state index in [2.05, 4.69) is 34.0 Å². The average Bonchev–Trinajstić information content (AvgIpc) is 2.20. The summed E-state index contributed by atoms with van der Waals surface area (Å²) in [6, 6.07) is 0. The number of hydrogen-bond donors (Lipinski definition) is 0. The van der Waals surface area contributed by atoms with E-state index in [-0.39, 0.29) is 0 Å². The highest BCUT2D eigenvalue weighted by Crippen LogP contribution is 2.10. The lowest BCUT2D eigenvalue weighted by molar-refractivity contribution is 0.143. The van der Waals surface area contributed by atoms with Crippen LogP contribution in [0.1, 0.15) is 6.42 Å². The number of aliphatic imine (C=N–C) groups is 1. The number of allylic oxidation sites excluding steroid dienone is 1. The lowest BCUT2D eigenvalue weighted by Gasteiger charge is -2.39. The smallest absolute Gasteiger partial charge is 0.120 e. The van der Waals surface area contributed by atoms with Crippen molar-refractivity contribution in [3.63, 3.8) is 0 Å². The van der Waals surface area contributed by atoms with Crippen molar-refractivity contribution in [1.82, 2.24) is 9.80 Å². The van der Waals surface area contributed by atoms with Crippen molar-refractivity contribution in [2.75, 3.05) is 26.2 Å². The zero-order chi connectivity index (χ0) is 9.10. The van der Waals surface area contributed by atoms with Crippen LogP contribution in [0, 0.1) is 7.05 Å². The third kappa shape index (κ3) is 2.17. The molecular weight excluding hydrogens is 162 g/mol. The summed E-state index contributed by atoms with van der Waals surface area (Å²) >= 11 is 0. The zero-order valence-corrected chi connectivity index (χ0v) is 7.89. The van der Waals surface area contributed by atoms with Crippen LogP contribution in [-0.4, -0.2) is 48.4 Å². The first-order valence-electron chi connectivity index (χ1n) is 4.84. The van der Waals surface area contributed by atoms with E-state index < -0.39 is 0 Å². The van der Waals surface area contributed by atoms with Gasteiger partial charge in [0.25, 0.3) is 0 Å². The summed E-state index contributed by atoms with van der Waals surface area (Å²) in [6.07, 6.45) is 7.67. The van der Waals surface area contributed by atoms with E-state index >= 15 is 0 Å². The van der Waals surface area contributed by atoms with Crippen LogP contribution < -0.4 is 0 Å². The van der Waals surface area contributed by atoms with Crippen molar-refractivity contribution in [2.24, 2.45) is 4.99 Å². The van der Waals surface area contributed by atoms with Crippen LogP contribution in [-0.2, 0) is 0 Å². The fourth-order valence-corrected chi connectivity index (χ4v) is 1.72. The molecule has 0 aromatic carbocycles. The van der Waals surface area contributed by atoms with Crippen LogP contribution in [0.3, 0.4) is 0 Å². The molecule has 3 nitrogen and oxygen atoms in total. The molecule has 1 saturated heterocycles. The lowest BCUT2D eigenvalue weighted by atomic mass is 10.2. The van der Waals surface area contributed by atoms with Crippen molar-refractivity contribution >= 4 is 6.21 Å². The molecule has 72 valence electrons. The lowest BCUT2D eigenvalue weighted by Crippen LogP contribution is -2.47.